The number of anilines is 1. The molecule has 126 valence electrons. The topological polar surface area (TPSA) is 62.3 Å². The van der Waals surface area contributed by atoms with Gasteiger partial charge in [0.25, 0.3) is 11.8 Å². The molecule has 1 heterocycles. The Morgan fingerprint density at radius 1 is 1.21 bits per heavy atom. The second kappa shape index (κ2) is 8.24. The molecule has 0 fully saturated rings. The predicted octanol–water partition coefficient (Wildman–Crippen LogP) is 3.51. The van der Waals surface area contributed by atoms with Crippen molar-refractivity contribution in [1.29, 1.82) is 0 Å². The lowest BCUT2D eigenvalue weighted by Gasteiger charge is -2.16. The monoisotopic (exact) mass is 325 g/mol. The molecule has 1 aromatic carbocycles. The van der Waals surface area contributed by atoms with Gasteiger partial charge in [-0.05, 0) is 43.2 Å². The van der Waals surface area contributed by atoms with Gasteiger partial charge >= 0.3 is 0 Å². The molecule has 0 radical (unpaired) electrons. The third kappa shape index (κ3) is 4.65. The Balaban J connectivity index is 2.11. The van der Waals surface area contributed by atoms with Crippen LogP contribution in [0.4, 0.5) is 5.69 Å². The van der Waals surface area contributed by atoms with Crippen LogP contribution in [0.1, 0.15) is 46.2 Å². The highest BCUT2D eigenvalue weighted by molar-refractivity contribution is 6.05. The summed E-state index contributed by atoms with van der Waals surface area (Å²) in [6.07, 6.45) is 3.45. The maximum absolute atomic E-state index is 12.4. The molecule has 0 aliphatic rings. The van der Waals surface area contributed by atoms with Crippen molar-refractivity contribution in [2.45, 2.75) is 26.7 Å². The zero-order valence-corrected chi connectivity index (χ0v) is 14.4. The highest BCUT2D eigenvalue weighted by Gasteiger charge is 2.15. The number of nitrogens with one attached hydrogen (secondary N) is 1. The van der Waals surface area contributed by atoms with Gasteiger partial charge in [0.05, 0.1) is 0 Å². The molecule has 2 aromatic rings. The number of hydrogen-bond acceptors (Lipinski definition) is 3. The average Bonchev–Trinajstić information content (AvgIpc) is 2.59. The van der Waals surface area contributed by atoms with Crippen LogP contribution in [0.25, 0.3) is 0 Å². The molecular formula is C19H23N3O2. The summed E-state index contributed by atoms with van der Waals surface area (Å²) in [7, 11) is 1.75. The zero-order chi connectivity index (χ0) is 17.5. The second-order valence-corrected chi connectivity index (χ2v) is 5.83. The summed E-state index contributed by atoms with van der Waals surface area (Å²) >= 11 is 0. The van der Waals surface area contributed by atoms with Gasteiger partial charge in [0, 0.05) is 31.0 Å². The van der Waals surface area contributed by atoms with Gasteiger partial charge in [-0.15, -0.1) is 0 Å². The summed E-state index contributed by atoms with van der Waals surface area (Å²) < 4.78 is 0. The number of amides is 2. The molecule has 1 N–H and O–H groups in total. The van der Waals surface area contributed by atoms with Gasteiger partial charge < -0.3 is 10.2 Å². The molecule has 0 atom stereocenters. The number of hydrogen-bond donors (Lipinski definition) is 1. The van der Waals surface area contributed by atoms with Gasteiger partial charge in [-0.1, -0.05) is 25.5 Å². The fraction of sp³-hybridized carbons (Fsp3) is 0.316. The molecule has 2 rings (SSSR count). The van der Waals surface area contributed by atoms with Crippen molar-refractivity contribution in [2.75, 3.05) is 18.9 Å². The van der Waals surface area contributed by atoms with E-state index in [2.05, 4.69) is 17.2 Å². The fourth-order valence-corrected chi connectivity index (χ4v) is 2.31. The number of aryl methyl sites for hydroxylation is 1. The number of carbonyl (C=O) groups excluding carboxylic acids is 2. The van der Waals surface area contributed by atoms with E-state index in [0.717, 1.165) is 24.1 Å². The lowest BCUT2D eigenvalue weighted by Crippen LogP contribution is -2.28. The molecule has 5 nitrogen and oxygen atoms in total. The van der Waals surface area contributed by atoms with Gasteiger partial charge in [0.2, 0.25) is 0 Å². The molecule has 0 saturated carbocycles. The van der Waals surface area contributed by atoms with Crippen LogP contribution in [-0.2, 0) is 0 Å². The van der Waals surface area contributed by atoms with E-state index in [0.29, 0.717) is 12.1 Å². The SMILES string of the molecule is CCCCN(C)C(=O)c1cc(C(=O)Nc2cccc(C)c2)ccn1. The van der Waals surface area contributed by atoms with Crippen molar-refractivity contribution in [2.24, 2.45) is 0 Å². The van der Waals surface area contributed by atoms with Gasteiger partial charge in [-0.3, -0.25) is 14.6 Å². The third-order valence-electron chi connectivity index (χ3n) is 3.71. The predicted molar refractivity (Wildman–Crippen MR) is 95.2 cm³/mol. The van der Waals surface area contributed by atoms with Gasteiger partial charge in [0.1, 0.15) is 5.69 Å². The van der Waals surface area contributed by atoms with E-state index in [1.165, 1.54) is 12.3 Å². The molecule has 0 aliphatic carbocycles. The molecule has 0 saturated heterocycles. The number of rotatable bonds is 6. The summed E-state index contributed by atoms with van der Waals surface area (Å²) in [4.78, 5) is 30.5. The molecule has 5 heteroatoms. The standard InChI is InChI=1S/C19H23N3O2/c1-4-5-11-22(3)19(24)17-13-15(9-10-20-17)18(23)21-16-8-6-7-14(2)12-16/h6-10,12-13H,4-5,11H2,1-3H3,(H,21,23). The second-order valence-electron chi connectivity index (χ2n) is 5.83. The smallest absolute Gasteiger partial charge is 0.272 e. The van der Waals surface area contributed by atoms with Crippen molar-refractivity contribution in [3.05, 3.63) is 59.4 Å². The highest BCUT2D eigenvalue weighted by atomic mass is 16.2. The van der Waals surface area contributed by atoms with E-state index in [-0.39, 0.29) is 17.5 Å². The maximum Gasteiger partial charge on any atom is 0.272 e. The Morgan fingerprint density at radius 3 is 2.71 bits per heavy atom. The molecule has 2 amide bonds. The van der Waals surface area contributed by atoms with Crippen molar-refractivity contribution in [3.8, 4) is 0 Å². The Kier molecular flexibility index (Phi) is 6.07. The fourth-order valence-electron chi connectivity index (χ4n) is 2.31. The number of unbranched alkanes of at least 4 members (excludes halogenated alkanes) is 1. The van der Waals surface area contributed by atoms with Gasteiger partial charge in [-0.25, -0.2) is 0 Å². The van der Waals surface area contributed by atoms with Crippen LogP contribution < -0.4 is 5.32 Å². The first-order valence-electron chi connectivity index (χ1n) is 8.10. The Morgan fingerprint density at radius 2 is 2.00 bits per heavy atom. The average molecular weight is 325 g/mol. The number of nitrogens with zero attached hydrogens (tertiary/aromatic N) is 2. The first-order chi connectivity index (χ1) is 11.5. The quantitative estimate of drug-likeness (QED) is 0.884. The van der Waals surface area contributed by atoms with Crippen LogP contribution in [0.15, 0.2) is 42.6 Å². The minimum atomic E-state index is -0.256. The Labute approximate surface area is 142 Å². The molecule has 1 aromatic heterocycles. The summed E-state index contributed by atoms with van der Waals surface area (Å²) in [6, 6.07) is 10.7. The van der Waals surface area contributed by atoms with E-state index in [9.17, 15) is 9.59 Å². The Hall–Kier alpha value is -2.69. The van der Waals surface area contributed by atoms with E-state index < -0.39 is 0 Å². The van der Waals surface area contributed by atoms with Crippen LogP contribution in [0.2, 0.25) is 0 Å². The molecule has 0 unspecified atom stereocenters. The largest absolute Gasteiger partial charge is 0.340 e. The third-order valence-corrected chi connectivity index (χ3v) is 3.71. The normalized spacial score (nSPS) is 10.3. The van der Waals surface area contributed by atoms with E-state index in [1.54, 1.807) is 18.0 Å². The first-order valence-corrected chi connectivity index (χ1v) is 8.10. The van der Waals surface area contributed by atoms with Crippen LogP contribution >= 0.6 is 0 Å². The summed E-state index contributed by atoms with van der Waals surface area (Å²) in [5.41, 5.74) is 2.49. The van der Waals surface area contributed by atoms with Crippen LogP contribution in [0, 0.1) is 6.92 Å². The first kappa shape index (κ1) is 17.7. The van der Waals surface area contributed by atoms with Crippen LogP contribution in [-0.4, -0.2) is 35.3 Å². The minimum Gasteiger partial charge on any atom is -0.340 e. The van der Waals surface area contributed by atoms with Crippen LogP contribution in [0.3, 0.4) is 0 Å². The van der Waals surface area contributed by atoms with Crippen molar-refractivity contribution in [1.82, 2.24) is 9.88 Å². The van der Waals surface area contributed by atoms with E-state index >= 15 is 0 Å². The molecule has 0 bridgehead atoms. The highest BCUT2D eigenvalue weighted by Crippen LogP contribution is 2.12. The Bertz CT molecular complexity index is 728. The van der Waals surface area contributed by atoms with E-state index in [1.807, 2.05) is 31.2 Å². The number of aromatic nitrogens is 1. The van der Waals surface area contributed by atoms with Gasteiger partial charge in [-0.2, -0.15) is 0 Å². The lowest BCUT2D eigenvalue weighted by molar-refractivity contribution is 0.0787. The zero-order valence-electron chi connectivity index (χ0n) is 14.4. The van der Waals surface area contributed by atoms with Crippen molar-refractivity contribution < 1.29 is 9.59 Å². The van der Waals surface area contributed by atoms with Gasteiger partial charge in [0.15, 0.2) is 0 Å². The molecule has 0 aliphatic heterocycles. The molecular weight excluding hydrogens is 302 g/mol. The minimum absolute atomic E-state index is 0.173. The maximum atomic E-state index is 12.4. The van der Waals surface area contributed by atoms with Crippen molar-refractivity contribution >= 4 is 17.5 Å². The molecule has 0 spiro atoms. The number of carbonyl (C=O) groups is 2. The lowest BCUT2D eigenvalue weighted by atomic mass is 10.1. The van der Waals surface area contributed by atoms with Crippen LogP contribution in [0.5, 0.6) is 0 Å². The number of pyridine rings is 1. The molecule has 24 heavy (non-hydrogen) atoms. The summed E-state index contributed by atoms with van der Waals surface area (Å²) in [5.74, 6) is -0.429. The number of benzene rings is 1. The summed E-state index contributed by atoms with van der Waals surface area (Å²) in [6.45, 7) is 4.72. The van der Waals surface area contributed by atoms with E-state index in [4.69, 9.17) is 0 Å². The van der Waals surface area contributed by atoms with Crippen molar-refractivity contribution in [3.63, 3.8) is 0 Å². The summed E-state index contributed by atoms with van der Waals surface area (Å²) in [5, 5.41) is 2.84.